The molecule has 1 aliphatic rings. The Bertz CT molecular complexity index is 258. The minimum absolute atomic E-state index is 0.433. The smallest absolute Gasteiger partial charge is 0.323 e. The Kier molecular flexibility index (Phi) is 5.62. The lowest BCUT2D eigenvalue weighted by Gasteiger charge is -2.37. The van der Waals surface area contributed by atoms with E-state index in [4.69, 9.17) is 4.53 Å². The van der Waals surface area contributed by atoms with Crippen molar-refractivity contribution in [3.8, 4) is 0 Å². The first-order chi connectivity index (χ1) is 7.96. The minimum atomic E-state index is -1.74. The van der Waals surface area contributed by atoms with Gasteiger partial charge >= 0.3 is 5.97 Å². The zero-order chi connectivity index (χ0) is 12.9. The number of hydroxylamine groups is 2. The third-order valence-electron chi connectivity index (χ3n) is 3.24. The number of carboxylic acids is 1. The van der Waals surface area contributed by atoms with E-state index in [1.807, 2.05) is 0 Å². The third-order valence-corrected chi connectivity index (χ3v) is 5.52. The third kappa shape index (κ3) is 4.77. The first-order valence-electron chi connectivity index (χ1n) is 6.65. The van der Waals surface area contributed by atoms with E-state index in [-0.39, 0.29) is 0 Å². The molecule has 0 aliphatic carbocycles. The maximum absolute atomic E-state index is 11.2. The largest absolute Gasteiger partial charge is 0.480 e. The van der Waals surface area contributed by atoms with Gasteiger partial charge in [0.15, 0.2) is 0 Å². The molecule has 0 spiro atoms. The summed E-state index contributed by atoms with van der Waals surface area (Å²) in [6.45, 7) is 7.29. The molecule has 1 saturated heterocycles. The van der Waals surface area contributed by atoms with Crippen LogP contribution in [0, 0.1) is 0 Å². The van der Waals surface area contributed by atoms with Gasteiger partial charge in [-0.3, -0.25) is 4.79 Å². The standard InChI is InChI=1S/C12H25NO3Si/c1-4-5-10-17(2,3)16-13-9-7-6-8-11(13)12(14)15/h11H,4-10H2,1-3H3,(H,14,15). The van der Waals surface area contributed by atoms with Crippen LogP contribution in [-0.2, 0) is 9.32 Å². The van der Waals surface area contributed by atoms with Crippen molar-refractivity contribution >= 4 is 14.3 Å². The van der Waals surface area contributed by atoms with Crippen LogP contribution in [0.1, 0.15) is 39.0 Å². The van der Waals surface area contributed by atoms with Crippen molar-refractivity contribution in [2.24, 2.45) is 0 Å². The SMILES string of the molecule is CCCC[Si](C)(C)ON1CCCCC1C(=O)O. The molecule has 1 unspecified atom stereocenters. The van der Waals surface area contributed by atoms with Gasteiger partial charge in [0, 0.05) is 6.54 Å². The molecule has 0 amide bonds. The van der Waals surface area contributed by atoms with Gasteiger partial charge in [0.2, 0.25) is 8.32 Å². The Morgan fingerprint density at radius 2 is 2.18 bits per heavy atom. The first-order valence-corrected chi connectivity index (χ1v) is 9.76. The highest BCUT2D eigenvalue weighted by Crippen LogP contribution is 2.23. The highest BCUT2D eigenvalue weighted by atomic mass is 28.4. The summed E-state index contributed by atoms with van der Waals surface area (Å²) in [6.07, 6.45) is 5.09. The topological polar surface area (TPSA) is 49.8 Å². The van der Waals surface area contributed by atoms with Gasteiger partial charge in [-0.15, -0.1) is 0 Å². The maximum atomic E-state index is 11.2. The Balaban J connectivity index is 2.54. The van der Waals surface area contributed by atoms with E-state index < -0.39 is 20.3 Å². The zero-order valence-electron chi connectivity index (χ0n) is 11.2. The fourth-order valence-electron chi connectivity index (χ4n) is 2.23. The maximum Gasteiger partial charge on any atom is 0.323 e. The summed E-state index contributed by atoms with van der Waals surface area (Å²) in [4.78, 5) is 11.2. The average molecular weight is 259 g/mol. The van der Waals surface area contributed by atoms with Crippen LogP contribution >= 0.6 is 0 Å². The molecule has 1 fully saturated rings. The van der Waals surface area contributed by atoms with Gasteiger partial charge in [-0.25, -0.2) is 0 Å². The van der Waals surface area contributed by atoms with Crippen molar-refractivity contribution < 1.29 is 14.4 Å². The molecular formula is C12H25NO3Si. The second-order valence-electron chi connectivity index (χ2n) is 5.45. The predicted molar refractivity (Wildman–Crippen MR) is 70.3 cm³/mol. The van der Waals surface area contributed by atoms with Gasteiger partial charge in [-0.2, -0.15) is 5.06 Å². The molecule has 4 nitrogen and oxygen atoms in total. The molecular weight excluding hydrogens is 234 g/mol. The molecule has 1 aliphatic heterocycles. The van der Waals surface area contributed by atoms with Gasteiger partial charge in [-0.05, 0) is 38.4 Å². The molecule has 1 heterocycles. The van der Waals surface area contributed by atoms with Crippen molar-refractivity contribution in [2.75, 3.05) is 6.54 Å². The summed E-state index contributed by atoms with van der Waals surface area (Å²) in [7, 11) is -1.74. The average Bonchev–Trinajstić information content (AvgIpc) is 2.26. The van der Waals surface area contributed by atoms with E-state index in [1.165, 1.54) is 12.8 Å². The predicted octanol–water partition coefficient (Wildman–Crippen LogP) is 2.86. The van der Waals surface area contributed by atoms with Crippen LogP contribution in [-0.4, -0.2) is 37.0 Å². The van der Waals surface area contributed by atoms with Gasteiger partial charge < -0.3 is 9.63 Å². The molecule has 0 bridgehead atoms. The fraction of sp³-hybridized carbons (Fsp3) is 0.917. The van der Waals surface area contributed by atoms with Gasteiger partial charge in [0.1, 0.15) is 6.04 Å². The number of rotatable bonds is 6. The number of unbranched alkanes of at least 4 members (excludes halogenated alkanes) is 1. The van der Waals surface area contributed by atoms with Crippen LogP contribution in [0.3, 0.4) is 0 Å². The van der Waals surface area contributed by atoms with Gasteiger partial charge in [0.25, 0.3) is 0 Å². The highest BCUT2D eigenvalue weighted by molar-refractivity contribution is 6.71. The Labute approximate surface area is 105 Å². The summed E-state index contributed by atoms with van der Waals surface area (Å²) in [6, 6.07) is 0.670. The summed E-state index contributed by atoms with van der Waals surface area (Å²) >= 11 is 0. The molecule has 5 heteroatoms. The zero-order valence-corrected chi connectivity index (χ0v) is 12.2. The number of nitrogens with zero attached hydrogens (tertiary/aromatic N) is 1. The summed E-state index contributed by atoms with van der Waals surface area (Å²) in [5.41, 5.74) is 0. The summed E-state index contributed by atoms with van der Waals surface area (Å²) in [5, 5.41) is 10.9. The van der Waals surface area contributed by atoms with E-state index >= 15 is 0 Å². The van der Waals surface area contributed by atoms with E-state index in [0.29, 0.717) is 6.42 Å². The van der Waals surface area contributed by atoms with Crippen LogP contribution in [0.2, 0.25) is 19.1 Å². The highest BCUT2D eigenvalue weighted by Gasteiger charge is 2.34. The Morgan fingerprint density at radius 1 is 1.47 bits per heavy atom. The molecule has 1 atom stereocenters. The first kappa shape index (κ1) is 14.7. The van der Waals surface area contributed by atoms with Crippen molar-refractivity contribution in [3.63, 3.8) is 0 Å². The van der Waals surface area contributed by atoms with E-state index in [1.54, 1.807) is 5.06 Å². The molecule has 1 rings (SSSR count). The van der Waals surface area contributed by atoms with E-state index in [0.717, 1.165) is 25.4 Å². The molecule has 17 heavy (non-hydrogen) atoms. The summed E-state index contributed by atoms with van der Waals surface area (Å²) < 4.78 is 6.05. The Hall–Kier alpha value is -0.393. The van der Waals surface area contributed by atoms with Crippen LogP contribution in [0.4, 0.5) is 0 Å². The molecule has 100 valence electrons. The van der Waals surface area contributed by atoms with Gasteiger partial charge in [0.05, 0.1) is 0 Å². The van der Waals surface area contributed by atoms with E-state index in [9.17, 15) is 9.90 Å². The molecule has 0 saturated carbocycles. The quantitative estimate of drug-likeness (QED) is 0.745. The van der Waals surface area contributed by atoms with E-state index in [2.05, 4.69) is 20.0 Å². The van der Waals surface area contributed by atoms with Crippen LogP contribution in [0.5, 0.6) is 0 Å². The molecule has 0 aromatic heterocycles. The van der Waals surface area contributed by atoms with Gasteiger partial charge in [-0.1, -0.05) is 19.8 Å². The van der Waals surface area contributed by atoms with Crippen LogP contribution in [0.15, 0.2) is 0 Å². The number of carboxylic acid groups (broad SMARTS) is 1. The fourth-order valence-corrected chi connectivity index (χ4v) is 4.38. The number of hydrogen-bond acceptors (Lipinski definition) is 3. The van der Waals surface area contributed by atoms with Crippen LogP contribution in [0.25, 0.3) is 0 Å². The number of piperidine rings is 1. The summed E-state index contributed by atoms with van der Waals surface area (Å²) in [5.74, 6) is -0.745. The number of aliphatic carboxylic acids is 1. The molecule has 1 N–H and O–H groups in total. The lowest BCUT2D eigenvalue weighted by atomic mass is 10.1. The molecule has 0 aromatic rings. The van der Waals surface area contributed by atoms with Crippen molar-refractivity contribution in [1.82, 2.24) is 5.06 Å². The molecule has 0 aromatic carbocycles. The van der Waals surface area contributed by atoms with Crippen LogP contribution < -0.4 is 0 Å². The number of hydrogen-bond donors (Lipinski definition) is 1. The second-order valence-corrected chi connectivity index (χ2v) is 9.65. The lowest BCUT2D eigenvalue weighted by molar-refractivity contribution is -0.168. The Morgan fingerprint density at radius 3 is 2.76 bits per heavy atom. The normalized spacial score (nSPS) is 22.6. The number of carbonyl (C=O) groups is 1. The minimum Gasteiger partial charge on any atom is -0.480 e. The second kappa shape index (κ2) is 6.52. The van der Waals surface area contributed by atoms with Crippen molar-refractivity contribution in [1.29, 1.82) is 0 Å². The van der Waals surface area contributed by atoms with Crippen molar-refractivity contribution in [3.05, 3.63) is 0 Å². The van der Waals surface area contributed by atoms with Crippen molar-refractivity contribution in [2.45, 2.75) is 64.2 Å². The monoisotopic (exact) mass is 259 g/mol. The lowest BCUT2D eigenvalue weighted by Crippen LogP contribution is -2.50. The molecule has 0 radical (unpaired) electrons.